The zero-order valence-corrected chi connectivity index (χ0v) is 24.1. The van der Waals surface area contributed by atoms with E-state index in [1.54, 1.807) is 48.2 Å². The molecule has 1 amide bonds. The number of aliphatic imine (C=N–C) groups is 1. The van der Waals surface area contributed by atoms with Gasteiger partial charge in [-0.05, 0) is 35.7 Å². The van der Waals surface area contributed by atoms with Crippen LogP contribution in [0.4, 0.5) is 24.5 Å². The average Bonchev–Trinajstić information content (AvgIpc) is 3.32. The fourth-order valence-corrected chi connectivity index (χ4v) is 6.06. The Morgan fingerprint density at radius 2 is 1.68 bits per heavy atom. The summed E-state index contributed by atoms with van der Waals surface area (Å²) in [6.45, 7) is 2.99. The van der Waals surface area contributed by atoms with E-state index in [1.807, 2.05) is 18.2 Å². The Labute approximate surface area is 251 Å². The molecule has 0 fully saturated rings. The van der Waals surface area contributed by atoms with Crippen LogP contribution in [0.25, 0.3) is 5.70 Å². The Balaban J connectivity index is 1.84. The topological polar surface area (TPSA) is 105 Å². The minimum Gasteiger partial charge on any atom is -0.467 e. The van der Waals surface area contributed by atoms with E-state index in [0.29, 0.717) is 11.3 Å². The molecule has 12 heteroatoms. The number of nitrogens with zero attached hydrogens (tertiary/aromatic N) is 4. The molecule has 1 unspecified atom stereocenters. The Kier molecular flexibility index (Phi) is 8.27. The molecular formula is C32H29F3N4O5. The van der Waals surface area contributed by atoms with Gasteiger partial charge in [-0.1, -0.05) is 55.5 Å². The number of nitro groups is 1. The van der Waals surface area contributed by atoms with Gasteiger partial charge in [-0.25, -0.2) is 9.79 Å². The molecule has 44 heavy (non-hydrogen) atoms. The smallest absolute Gasteiger partial charge is 0.416 e. The molecule has 0 N–H and O–H groups in total. The van der Waals surface area contributed by atoms with Gasteiger partial charge in [0, 0.05) is 36.9 Å². The number of hydrogen-bond acceptors (Lipinski definition) is 7. The van der Waals surface area contributed by atoms with Gasteiger partial charge >= 0.3 is 12.1 Å². The van der Waals surface area contributed by atoms with Gasteiger partial charge in [0.2, 0.25) is 5.91 Å². The van der Waals surface area contributed by atoms with Crippen LogP contribution in [0.2, 0.25) is 0 Å². The molecule has 0 bridgehead atoms. The number of methoxy groups -OCH3 is 1. The molecule has 2 aliphatic rings. The number of ether oxygens (including phenoxy) is 1. The third-order valence-corrected chi connectivity index (χ3v) is 7.90. The number of carbonyl (C=O) groups is 2. The lowest BCUT2D eigenvalue weighted by molar-refractivity contribution is -0.384. The highest BCUT2D eigenvalue weighted by atomic mass is 19.4. The summed E-state index contributed by atoms with van der Waals surface area (Å²) in [5.41, 5.74) is 0.0335. The molecule has 0 saturated carbocycles. The van der Waals surface area contributed by atoms with E-state index in [4.69, 9.17) is 4.74 Å². The maximum atomic E-state index is 15.3. The predicted molar refractivity (Wildman–Crippen MR) is 158 cm³/mol. The van der Waals surface area contributed by atoms with Gasteiger partial charge in [-0.15, -0.1) is 0 Å². The number of esters is 1. The molecule has 0 spiro atoms. The van der Waals surface area contributed by atoms with E-state index < -0.39 is 52.2 Å². The van der Waals surface area contributed by atoms with Crippen LogP contribution in [0, 0.1) is 10.1 Å². The molecule has 0 saturated heterocycles. The zero-order valence-electron chi connectivity index (χ0n) is 24.1. The second-order valence-electron chi connectivity index (χ2n) is 10.5. The first kappa shape index (κ1) is 30.5. The first-order valence-corrected chi connectivity index (χ1v) is 13.9. The number of halogens is 3. The van der Waals surface area contributed by atoms with Crippen LogP contribution < -0.4 is 4.90 Å². The lowest BCUT2D eigenvalue weighted by Gasteiger charge is -2.41. The van der Waals surface area contributed by atoms with Crippen molar-refractivity contribution in [3.05, 3.63) is 111 Å². The van der Waals surface area contributed by atoms with Crippen LogP contribution in [0.5, 0.6) is 0 Å². The molecule has 3 aromatic rings. The molecular weight excluding hydrogens is 577 g/mol. The third kappa shape index (κ3) is 5.43. The molecule has 0 radical (unpaired) electrons. The van der Waals surface area contributed by atoms with Crippen molar-refractivity contribution in [2.45, 2.75) is 51.0 Å². The number of amides is 1. The van der Waals surface area contributed by atoms with Crippen molar-refractivity contribution >= 4 is 34.8 Å². The summed E-state index contributed by atoms with van der Waals surface area (Å²) in [6.07, 6.45) is -4.78. The van der Waals surface area contributed by atoms with Crippen molar-refractivity contribution in [3.63, 3.8) is 0 Å². The fraction of sp³-hybridized carbons (Fsp3) is 0.281. The average molecular weight is 607 g/mol. The highest BCUT2D eigenvalue weighted by Gasteiger charge is 2.56. The van der Waals surface area contributed by atoms with E-state index in [2.05, 4.69) is 4.99 Å². The third-order valence-electron chi connectivity index (χ3n) is 7.90. The summed E-state index contributed by atoms with van der Waals surface area (Å²) in [5, 5.41) is 11.3. The van der Waals surface area contributed by atoms with Crippen LogP contribution in [0.15, 0.2) is 89.4 Å². The van der Waals surface area contributed by atoms with Crippen LogP contribution in [-0.2, 0) is 20.9 Å². The van der Waals surface area contributed by atoms with E-state index in [9.17, 15) is 19.7 Å². The number of fused-ring (bicyclic) bond motifs is 3. The van der Waals surface area contributed by atoms with Crippen molar-refractivity contribution < 1.29 is 32.4 Å². The van der Waals surface area contributed by atoms with Crippen LogP contribution in [-0.4, -0.2) is 52.9 Å². The molecule has 0 aromatic heterocycles. The van der Waals surface area contributed by atoms with Gasteiger partial charge in [0.25, 0.3) is 5.69 Å². The number of hydrogen-bond donors (Lipinski definition) is 0. The van der Waals surface area contributed by atoms with Crippen LogP contribution >= 0.6 is 0 Å². The maximum absolute atomic E-state index is 15.3. The molecule has 3 atom stereocenters. The number of carbonyl (C=O) groups excluding carboxylic acids is 2. The highest BCUT2D eigenvalue weighted by molar-refractivity contribution is 6.09. The van der Waals surface area contributed by atoms with Crippen molar-refractivity contribution in [1.82, 2.24) is 4.90 Å². The summed E-state index contributed by atoms with van der Waals surface area (Å²) < 4.78 is 51.0. The number of para-hydroxylation sites is 1. The molecule has 2 heterocycles. The highest BCUT2D eigenvalue weighted by Crippen LogP contribution is 2.53. The van der Waals surface area contributed by atoms with Crippen molar-refractivity contribution in [1.29, 1.82) is 0 Å². The van der Waals surface area contributed by atoms with Crippen LogP contribution in [0.3, 0.4) is 0 Å². The van der Waals surface area contributed by atoms with Gasteiger partial charge in [0.15, 0.2) is 0 Å². The SMILES string of the molecule is CC[C@@H](C(=O)OC)N(C(C)=O)C1=NC(c2ccc([N+](=O)[O-])cc2)=C(C(F)(F)F)C2[C@H]1c1ccccc1N2Cc1ccccc1. The summed E-state index contributed by atoms with van der Waals surface area (Å²) in [4.78, 5) is 44.2. The van der Waals surface area contributed by atoms with E-state index in [1.165, 1.54) is 26.2 Å². The largest absolute Gasteiger partial charge is 0.467 e. The minimum absolute atomic E-state index is 0.0240. The van der Waals surface area contributed by atoms with Crippen molar-refractivity contribution in [2.75, 3.05) is 12.0 Å². The molecule has 9 nitrogen and oxygen atoms in total. The first-order chi connectivity index (χ1) is 21.0. The second-order valence-corrected chi connectivity index (χ2v) is 10.5. The number of amidine groups is 1. The monoisotopic (exact) mass is 606 g/mol. The quantitative estimate of drug-likeness (QED) is 0.179. The molecule has 0 aliphatic carbocycles. The summed E-state index contributed by atoms with van der Waals surface area (Å²) >= 11 is 0. The van der Waals surface area contributed by atoms with E-state index in [-0.39, 0.29) is 30.1 Å². The van der Waals surface area contributed by atoms with Gasteiger partial charge in [0.1, 0.15) is 11.9 Å². The lowest BCUT2D eigenvalue weighted by Crippen LogP contribution is -2.54. The van der Waals surface area contributed by atoms with E-state index >= 15 is 13.2 Å². The molecule has 228 valence electrons. The number of non-ortho nitro benzene ring substituents is 1. The van der Waals surface area contributed by atoms with Crippen LogP contribution in [0.1, 0.15) is 42.9 Å². The van der Waals surface area contributed by atoms with Gasteiger partial charge in [-0.2, -0.15) is 13.2 Å². The molecule has 5 rings (SSSR count). The predicted octanol–water partition coefficient (Wildman–Crippen LogP) is 6.25. The summed E-state index contributed by atoms with van der Waals surface area (Å²) in [7, 11) is 1.17. The second kappa shape index (κ2) is 11.9. The maximum Gasteiger partial charge on any atom is 0.416 e. The van der Waals surface area contributed by atoms with E-state index in [0.717, 1.165) is 22.6 Å². The Morgan fingerprint density at radius 1 is 1.05 bits per heavy atom. The standard InChI is InChI=1S/C32H29F3N4O5/c1-4-24(31(41)44-3)38(19(2)40)30-26-23-12-8-9-13-25(23)37(18-20-10-6-5-7-11-20)29(26)27(32(33,34)35)28(36-30)21-14-16-22(17-15-21)39(42)43/h5-17,24,26,29H,4,18H2,1-3H3/t24-,26+,29?/m0/s1. The zero-order chi connectivity index (χ0) is 31.8. The Bertz CT molecular complexity index is 1650. The molecule has 2 aliphatic heterocycles. The lowest BCUT2D eigenvalue weighted by atomic mass is 9.83. The van der Waals surface area contributed by atoms with Gasteiger partial charge in [0.05, 0.1) is 35.3 Å². The first-order valence-electron chi connectivity index (χ1n) is 13.9. The summed E-state index contributed by atoms with van der Waals surface area (Å²) in [5.74, 6) is -2.46. The number of anilines is 1. The Morgan fingerprint density at radius 3 is 2.25 bits per heavy atom. The minimum atomic E-state index is -4.89. The van der Waals surface area contributed by atoms with Gasteiger partial charge in [-0.3, -0.25) is 19.8 Å². The number of rotatable bonds is 7. The number of alkyl halides is 3. The van der Waals surface area contributed by atoms with Crippen molar-refractivity contribution in [3.8, 4) is 0 Å². The normalized spacial score (nSPS) is 18.2. The molecule has 3 aromatic carbocycles. The van der Waals surface area contributed by atoms with Gasteiger partial charge < -0.3 is 9.64 Å². The number of benzene rings is 3. The number of nitro benzene ring substituents is 1. The van der Waals surface area contributed by atoms with Crippen molar-refractivity contribution in [2.24, 2.45) is 4.99 Å². The fourth-order valence-electron chi connectivity index (χ4n) is 6.06. The Hall–Kier alpha value is -5.00. The summed E-state index contributed by atoms with van der Waals surface area (Å²) in [6, 6.07) is 18.0.